The van der Waals surface area contributed by atoms with E-state index >= 15 is 0 Å². The molecule has 0 spiro atoms. The van der Waals surface area contributed by atoms with Crippen LogP contribution in [0.15, 0.2) is 54.0 Å². The molecule has 0 aliphatic carbocycles. The maximum Gasteiger partial charge on any atom is 0.293 e. The number of carbonyl (C=O) groups excluding carboxylic acids is 2. The standard InChI is InChI=1S/C20H14Cl2N2O5S/c1-2-6-23-19(25)17(30-20(23)26)10-13-8-15(21)18(16(22)9-13)29-11-12-4-3-5-14(7-12)24(27)28/h2-5,7-10H,1,6,11H2/b17-10+. The Bertz CT molecular complexity index is 1060. The predicted octanol–water partition coefficient (Wildman–Crippen LogP) is 5.70. The quantitative estimate of drug-likeness (QED) is 0.226. The molecule has 2 amide bonds. The van der Waals surface area contributed by atoms with Gasteiger partial charge in [-0.25, -0.2) is 0 Å². The minimum Gasteiger partial charge on any atom is -0.486 e. The van der Waals surface area contributed by atoms with Crippen molar-refractivity contribution in [2.24, 2.45) is 0 Å². The summed E-state index contributed by atoms with van der Waals surface area (Å²) in [6.07, 6.45) is 3.00. The molecule has 0 radical (unpaired) electrons. The first-order valence-corrected chi connectivity index (χ1v) is 10.1. The molecule has 1 heterocycles. The molecule has 0 bridgehead atoms. The minimum absolute atomic E-state index is 0.0287. The van der Waals surface area contributed by atoms with Crippen molar-refractivity contribution in [1.82, 2.24) is 4.90 Å². The topological polar surface area (TPSA) is 89.8 Å². The summed E-state index contributed by atoms with van der Waals surface area (Å²) < 4.78 is 5.65. The summed E-state index contributed by atoms with van der Waals surface area (Å²) in [6, 6.07) is 9.13. The molecule has 2 aromatic carbocycles. The first kappa shape index (κ1) is 21.9. The lowest BCUT2D eigenvalue weighted by Gasteiger charge is -2.11. The average Bonchev–Trinajstić information content (AvgIpc) is 2.95. The van der Waals surface area contributed by atoms with Gasteiger partial charge in [-0.3, -0.25) is 24.6 Å². The SMILES string of the molecule is C=CCN1C(=O)S/C(=C/c2cc(Cl)c(OCc3cccc([N+](=O)[O-])c3)c(Cl)c2)C1=O. The molecule has 1 aliphatic rings. The van der Waals surface area contributed by atoms with E-state index in [4.69, 9.17) is 27.9 Å². The second-order valence-electron chi connectivity index (χ2n) is 6.11. The van der Waals surface area contributed by atoms with E-state index in [2.05, 4.69) is 6.58 Å². The highest BCUT2D eigenvalue weighted by atomic mass is 35.5. The molecular formula is C20H14Cl2N2O5S. The van der Waals surface area contributed by atoms with Gasteiger partial charge in [0.05, 0.1) is 19.9 Å². The Labute approximate surface area is 186 Å². The Balaban J connectivity index is 1.78. The highest BCUT2D eigenvalue weighted by Crippen LogP contribution is 2.37. The second-order valence-corrected chi connectivity index (χ2v) is 7.92. The number of amides is 2. The molecule has 10 heteroatoms. The predicted molar refractivity (Wildman–Crippen MR) is 117 cm³/mol. The number of hydrogen-bond acceptors (Lipinski definition) is 6. The molecule has 0 saturated carbocycles. The van der Waals surface area contributed by atoms with Crippen molar-refractivity contribution >= 4 is 57.9 Å². The Hall–Kier alpha value is -2.81. The fourth-order valence-corrected chi connectivity index (χ4v) is 4.12. The fourth-order valence-electron chi connectivity index (χ4n) is 2.65. The van der Waals surface area contributed by atoms with Crippen LogP contribution in [0, 0.1) is 10.1 Å². The van der Waals surface area contributed by atoms with Crippen molar-refractivity contribution in [3.63, 3.8) is 0 Å². The van der Waals surface area contributed by atoms with Crippen LogP contribution in [-0.4, -0.2) is 27.5 Å². The van der Waals surface area contributed by atoms with Gasteiger partial charge in [0.25, 0.3) is 16.8 Å². The normalized spacial score (nSPS) is 15.0. The third-order valence-electron chi connectivity index (χ3n) is 4.01. The molecule has 0 atom stereocenters. The van der Waals surface area contributed by atoms with E-state index in [-0.39, 0.29) is 44.8 Å². The zero-order chi connectivity index (χ0) is 21.8. The highest BCUT2D eigenvalue weighted by Gasteiger charge is 2.34. The fraction of sp³-hybridized carbons (Fsp3) is 0.100. The van der Waals surface area contributed by atoms with Gasteiger partial charge in [-0.15, -0.1) is 6.58 Å². The van der Waals surface area contributed by atoms with Crippen LogP contribution in [0.4, 0.5) is 10.5 Å². The van der Waals surface area contributed by atoms with Crippen molar-refractivity contribution in [2.75, 3.05) is 6.54 Å². The van der Waals surface area contributed by atoms with Crippen molar-refractivity contribution in [2.45, 2.75) is 6.61 Å². The summed E-state index contributed by atoms with van der Waals surface area (Å²) in [4.78, 5) is 35.9. The van der Waals surface area contributed by atoms with Crippen molar-refractivity contribution in [3.05, 3.63) is 85.2 Å². The molecule has 154 valence electrons. The van der Waals surface area contributed by atoms with E-state index in [1.54, 1.807) is 24.3 Å². The summed E-state index contributed by atoms with van der Waals surface area (Å²) in [5.41, 5.74) is 1.06. The first-order chi connectivity index (χ1) is 14.3. The lowest BCUT2D eigenvalue weighted by atomic mass is 10.2. The number of rotatable bonds is 7. The van der Waals surface area contributed by atoms with Crippen molar-refractivity contribution in [1.29, 1.82) is 0 Å². The van der Waals surface area contributed by atoms with E-state index < -0.39 is 10.8 Å². The van der Waals surface area contributed by atoms with E-state index in [9.17, 15) is 19.7 Å². The number of halogens is 2. The maximum atomic E-state index is 12.3. The monoisotopic (exact) mass is 464 g/mol. The summed E-state index contributed by atoms with van der Waals surface area (Å²) in [5.74, 6) is -0.204. The molecule has 0 N–H and O–H groups in total. The van der Waals surface area contributed by atoms with E-state index in [0.29, 0.717) is 11.1 Å². The number of carbonyl (C=O) groups is 2. The number of imide groups is 1. The molecule has 0 aromatic heterocycles. The summed E-state index contributed by atoms with van der Waals surface area (Å²) in [6.45, 7) is 3.69. The Morgan fingerprint density at radius 1 is 1.20 bits per heavy atom. The van der Waals surface area contributed by atoms with Crippen LogP contribution in [0.2, 0.25) is 10.0 Å². The van der Waals surface area contributed by atoms with Crippen LogP contribution in [0.25, 0.3) is 6.08 Å². The number of nitrogens with zero attached hydrogens (tertiary/aromatic N) is 2. The number of nitro groups is 1. The van der Waals surface area contributed by atoms with E-state index in [0.717, 1.165) is 16.7 Å². The summed E-state index contributed by atoms with van der Waals surface area (Å²) in [7, 11) is 0. The molecule has 2 aromatic rings. The lowest BCUT2D eigenvalue weighted by molar-refractivity contribution is -0.384. The molecule has 30 heavy (non-hydrogen) atoms. The molecule has 1 saturated heterocycles. The largest absolute Gasteiger partial charge is 0.486 e. The van der Waals surface area contributed by atoms with Crippen LogP contribution >= 0.6 is 35.0 Å². The smallest absolute Gasteiger partial charge is 0.293 e. The number of benzene rings is 2. The van der Waals surface area contributed by atoms with Gasteiger partial charge in [0.1, 0.15) is 6.61 Å². The van der Waals surface area contributed by atoms with Gasteiger partial charge in [-0.1, -0.05) is 41.4 Å². The number of ether oxygens (including phenoxy) is 1. The van der Waals surface area contributed by atoms with Crippen LogP contribution in [0.3, 0.4) is 0 Å². The number of hydrogen-bond donors (Lipinski definition) is 0. The van der Waals surface area contributed by atoms with E-state index in [1.807, 2.05) is 0 Å². The Kier molecular flexibility index (Phi) is 6.81. The molecule has 1 fully saturated rings. The van der Waals surface area contributed by atoms with Gasteiger partial charge in [0.15, 0.2) is 5.75 Å². The third kappa shape index (κ3) is 4.84. The third-order valence-corrected chi connectivity index (χ3v) is 5.48. The summed E-state index contributed by atoms with van der Waals surface area (Å²) in [5, 5.41) is 10.9. The Morgan fingerprint density at radius 2 is 1.90 bits per heavy atom. The van der Waals surface area contributed by atoms with Crippen molar-refractivity contribution in [3.8, 4) is 5.75 Å². The first-order valence-electron chi connectivity index (χ1n) is 8.51. The van der Waals surface area contributed by atoms with Gasteiger partial charge in [-0.2, -0.15) is 0 Å². The summed E-state index contributed by atoms with van der Waals surface area (Å²) >= 11 is 13.4. The highest BCUT2D eigenvalue weighted by molar-refractivity contribution is 8.18. The van der Waals surface area contributed by atoms with E-state index in [1.165, 1.54) is 24.3 Å². The van der Waals surface area contributed by atoms with Gasteiger partial charge in [-0.05, 0) is 41.1 Å². The van der Waals surface area contributed by atoms with Crippen LogP contribution in [0.5, 0.6) is 5.75 Å². The van der Waals surface area contributed by atoms with Gasteiger partial charge in [0, 0.05) is 18.7 Å². The average molecular weight is 465 g/mol. The number of nitro benzene ring substituents is 1. The molecular weight excluding hydrogens is 451 g/mol. The molecule has 1 aliphatic heterocycles. The Morgan fingerprint density at radius 3 is 2.53 bits per heavy atom. The number of non-ortho nitro benzene ring substituents is 1. The zero-order valence-electron chi connectivity index (χ0n) is 15.3. The number of thioether (sulfide) groups is 1. The van der Waals surface area contributed by atoms with Gasteiger partial charge in [0.2, 0.25) is 0 Å². The van der Waals surface area contributed by atoms with Crippen LogP contribution < -0.4 is 4.74 Å². The second kappa shape index (κ2) is 9.34. The van der Waals surface area contributed by atoms with Crippen LogP contribution in [-0.2, 0) is 11.4 Å². The molecule has 0 unspecified atom stereocenters. The minimum atomic E-state index is -0.491. The van der Waals surface area contributed by atoms with Crippen molar-refractivity contribution < 1.29 is 19.2 Å². The van der Waals surface area contributed by atoms with Crippen LogP contribution in [0.1, 0.15) is 11.1 Å². The lowest BCUT2D eigenvalue weighted by Crippen LogP contribution is -2.27. The molecule has 3 rings (SSSR count). The maximum absolute atomic E-state index is 12.3. The van der Waals surface area contributed by atoms with Gasteiger partial charge < -0.3 is 4.74 Å². The molecule has 7 nitrogen and oxygen atoms in total. The van der Waals surface area contributed by atoms with Gasteiger partial charge >= 0.3 is 0 Å². The zero-order valence-corrected chi connectivity index (χ0v) is 17.7.